The highest BCUT2D eigenvalue weighted by molar-refractivity contribution is 9.10. The Labute approximate surface area is 113 Å². The molecule has 0 saturated heterocycles. The van der Waals surface area contributed by atoms with Crippen LogP contribution in [0, 0.1) is 0 Å². The van der Waals surface area contributed by atoms with Crippen LogP contribution in [0.1, 0.15) is 0 Å². The van der Waals surface area contributed by atoms with E-state index >= 15 is 0 Å². The number of thioether (sulfide) groups is 1. The van der Waals surface area contributed by atoms with Crippen LogP contribution in [-0.2, 0) is 0 Å². The molecule has 1 heterocycles. The number of rotatable bonds is 3. The van der Waals surface area contributed by atoms with E-state index in [0.717, 1.165) is 10.2 Å². The molecule has 1 aromatic heterocycles. The predicted octanol–water partition coefficient (Wildman–Crippen LogP) is 3.89. The van der Waals surface area contributed by atoms with Crippen molar-refractivity contribution in [1.29, 1.82) is 0 Å². The van der Waals surface area contributed by atoms with Gasteiger partial charge in [0.15, 0.2) is 5.82 Å². The van der Waals surface area contributed by atoms with E-state index in [2.05, 4.69) is 44.6 Å². The van der Waals surface area contributed by atoms with Crippen LogP contribution in [-0.4, -0.2) is 11.2 Å². The van der Waals surface area contributed by atoms with Gasteiger partial charge in [0.25, 0.3) is 0 Å². The van der Waals surface area contributed by atoms with Crippen molar-refractivity contribution in [2.24, 2.45) is 0 Å². The van der Waals surface area contributed by atoms with Gasteiger partial charge in [0.2, 0.25) is 0 Å². The van der Waals surface area contributed by atoms with Gasteiger partial charge < -0.3 is 11.1 Å². The van der Waals surface area contributed by atoms with Crippen LogP contribution in [0.4, 0.5) is 17.2 Å². The molecule has 2 aromatic rings. The fourth-order valence-electron chi connectivity index (χ4n) is 1.37. The van der Waals surface area contributed by atoms with Crippen molar-refractivity contribution in [2.45, 2.75) is 4.90 Å². The van der Waals surface area contributed by atoms with Crippen molar-refractivity contribution in [3.05, 3.63) is 41.0 Å². The van der Waals surface area contributed by atoms with Gasteiger partial charge in [-0.3, -0.25) is 0 Å². The van der Waals surface area contributed by atoms with Crippen LogP contribution < -0.4 is 11.1 Å². The number of pyridine rings is 1. The number of hydrogen-bond acceptors (Lipinski definition) is 4. The smallest absolute Gasteiger partial charge is 0.153 e. The third-order valence-electron chi connectivity index (χ3n) is 2.24. The van der Waals surface area contributed by atoms with E-state index < -0.39 is 0 Å². The van der Waals surface area contributed by atoms with Crippen molar-refractivity contribution in [3.8, 4) is 0 Å². The fourth-order valence-corrected chi connectivity index (χ4v) is 2.13. The number of nitrogens with zero attached hydrogens (tertiary/aromatic N) is 1. The highest BCUT2D eigenvalue weighted by Crippen LogP contribution is 2.24. The molecule has 0 unspecified atom stereocenters. The summed E-state index contributed by atoms with van der Waals surface area (Å²) in [7, 11) is 0. The Morgan fingerprint density at radius 1 is 1.29 bits per heavy atom. The first-order valence-corrected chi connectivity index (χ1v) is 7.03. The number of benzene rings is 1. The molecule has 0 atom stereocenters. The van der Waals surface area contributed by atoms with Crippen LogP contribution in [0.2, 0.25) is 0 Å². The summed E-state index contributed by atoms with van der Waals surface area (Å²) in [4.78, 5) is 5.46. The SMILES string of the molecule is CSc1ccc(Nc2ncc(Br)cc2N)cc1. The van der Waals surface area contributed by atoms with E-state index in [4.69, 9.17) is 5.73 Å². The zero-order valence-corrected chi connectivity index (χ0v) is 11.7. The quantitative estimate of drug-likeness (QED) is 0.845. The van der Waals surface area contributed by atoms with Gasteiger partial charge in [0, 0.05) is 21.3 Å². The molecule has 0 aliphatic rings. The number of halogens is 1. The summed E-state index contributed by atoms with van der Waals surface area (Å²) < 4.78 is 0.873. The maximum atomic E-state index is 5.87. The molecule has 0 spiro atoms. The van der Waals surface area contributed by atoms with Gasteiger partial charge in [-0.05, 0) is 52.5 Å². The third kappa shape index (κ3) is 3.14. The number of nitrogens with two attached hydrogens (primary N) is 1. The van der Waals surface area contributed by atoms with Gasteiger partial charge >= 0.3 is 0 Å². The molecule has 1 aromatic carbocycles. The fraction of sp³-hybridized carbons (Fsp3) is 0.0833. The van der Waals surface area contributed by atoms with Crippen molar-refractivity contribution < 1.29 is 0 Å². The predicted molar refractivity (Wildman–Crippen MR) is 77.9 cm³/mol. The summed E-state index contributed by atoms with van der Waals surface area (Å²) in [5, 5.41) is 3.18. The van der Waals surface area contributed by atoms with E-state index in [9.17, 15) is 0 Å². The summed E-state index contributed by atoms with van der Waals surface area (Å²) in [6, 6.07) is 9.96. The van der Waals surface area contributed by atoms with Crippen LogP contribution in [0.3, 0.4) is 0 Å². The number of hydrogen-bond donors (Lipinski definition) is 2. The molecule has 0 bridgehead atoms. The molecule has 0 aliphatic carbocycles. The molecule has 2 rings (SSSR count). The Morgan fingerprint density at radius 2 is 2.00 bits per heavy atom. The normalized spacial score (nSPS) is 10.2. The Morgan fingerprint density at radius 3 is 2.59 bits per heavy atom. The van der Waals surface area contributed by atoms with Crippen molar-refractivity contribution >= 4 is 44.9 Å². The Balaban J connectivity index is 2.19. The van der Waals surface area contributed by atoms with Crippen LogP contribution in [0.15, 0.2) is 45.9 Å². The monoisotopic (exact) mass is 309 g/mol. The Hall–Kier alpha value is -1.20. The van der Waals surface area contributed by atoms with Gasteiger partial charge in [0.05, 0.1) is 5.69 Å². The second-order valence-electron chi connectivity index (χ2n) is 3.44. The standard InChI is InChI=1S/C12H12BrN3S/c1-17-10-4-2-9(3-5-10)16-12-11(14)6-8(13)7-15-12/h2-7H,14H2,1H3,(H,15,16). The minimum Gasteiger partial charge on any atom is -0.396 e. The molecule has 0 fully saturated rings. The van der Waals surface area contributed by atoms with E-state index in [-0.39, 0.29) is 0 Å². The van der Waals surface area contributed by atoms with Crippen LogP contribution in [0.25, 0.3) is 0 Å². The first kappa shape index (κ1) is 12.3. The number of aromatic nitrogens is 1. The van der Waals surface area contributed by atoms with Crippen LogP contribution >= 0.6 is 27.7 Å². The Kier molecular flexibility index (Phi) is 3.91. The molecule has 3 nitrogen and oxygen atoms in total. The highest BCUT2D eigenvalue weighted by Gasteiger charge is 2.02. The first-order chi connectivity index (χ1) is 8.19. The molecule has 0 radical (unpaired) electrons. The number of anilines is 3. The van der Waals surface area contributed by atoms with Gasteiger partial charge in [-0.2, -0.15) is 0 Å². The van der Waals surface area contributed by atoms with Crippen molar-refractivity contribution in [2.75, 3.05) is 17.3 Å². The molecule has 0 amide bonds. The average Bonchev–Trinajstić information content (AvgIpc) is 2.34. The lowest BCUT2D eigenvalue weighted by atomic mass is 10.3. The Bertz CT molecular complexity index is 514. The van der Waals surface area contributed by atoms with Crippen molar-refractivity contribution in [3.63, 3.8) is 0 Å². The summed E-state index contributed by atoms with van der Waals surface area (Å²) in [6.45, 7) is 0. The topological polar surface area (TPSA) is 50.9 Å². The van der Waals surface area contributed by atoms with Gasteiger partial charge in [-0.15, -0.1) is 11.8 Å². The summed E-state index contributed by atoms with van der Waals surface area (Å²) in [6.07, 6.45) is 3.77. The lowest BCUT2D eigenvalue weighted by Crippen LogP contribution is -1.98. The zero-order chi connectivity index (χ0) is 12.3. The minimum absolute atomic E-state index is 0.619. The largest absolute Gasteiger partial charge is 0.396 e. The first-order valence-electron chi connectivity index (χ1n) is 5.01. The van der Waals surface area contributed by atoms with Gasteiger partial charge in [-0.25, -0.2) is 4.98 Å². The molecule has 0 saturated carbocycles. The molecule has 88 valence electrons. The van der Waals surface area contributed by atoms with E-state index in [1.807, 2.05) is 18.2 Å². The molecule has 5 heteroatoms. The van der Waals surface area contributed by atoms with Gasteiger partial charge in [-0.1, -0.05) is 0 Å². The second kappa shape index (κ2) is 5.42. The second-order valence-corrected chi connectivity index (χ2v) is 5.24. The van der Waals surface area contributed by atoms with E-state index in [1.165, 1.54) is 4.90 Å². The summed E-state index contributed by atoms with van der Waals surface area (Å²) in [5.74, 6) is 0.671. The summed E-state index contributed by atoms with van der Waals surface area (Å²) >= 11 is 5.04. The molecule has 0 aliphatic heterocycles. The van der Waals surface area contributed by atoms with Crippen LogP contribution in [0.5, 0.6) is 0 Å². The third-order valence-corrected chi connectivity index (χ3v) is 3.41. The average molecular weight is 310 g/mol. The summed E-state index contributed by atoms with van der Waals surface area (Å²) in [5.41, 5.74) is 7.46. The maximum absolute atomic E-state index is 5.87. The lowest BCUT2D eigenvalue weighted by molar-refractivity contribution is 1.29. The minimum atomic E-state index is 0.619. The van der Waals surface area contributed by atoms with Crippen molar-refractivity contribution in [1.82, 2.24) is 4.98 Å². The number of nitrogen functional groups attached to an aromatic ring is 1. The molecule has 17 heavy (non-hydrogen) atoms. The number of nitrogens with one attached hydrogen (secondary N) is 1. The van der Waals surface area contributed by atoms with Gasteiger partial charge in [0.1, 0.15) is 0 Å². The molecular formula is C12H12BrN3S. The zero-order valence-electron chi connectivity index (χ0n) is 9.27. The highest BCUT2D eigenvalue weighted by atomic mass is 79.9. The van der Waals surface area contributed by atoms with E-state index in [1.54, 1.807) is 18.0 Å². The van der Waals surface area contributed by atoms with E-state index in [0.29, 0.717) is 11.5 Å². The maximum Gasteiger partial charge on any atom is 0.153 e. The molecular weight excluding hydrogens is 298 g/mol. The molecule has 3 N–H and O–H groups in total. The lowest BCUT2D eigenvalue weighted by Gasteiger charge is -2.08.